The Kier molecular flexibility index (Phi) is 7.12. The molecule has 4 rings (SSSR count). The van der Waals surface area contributed by atoms with Crippen molar-refractivity contribution in [1.82, 2.24) is 18.8 Å². The highest BCUT2D eigenvalue weighted by Crippen LogP contribution is 2.39. The van der Waals surface area contributed by atoms with Crippen molar-refractivity contribution in [3.8, 4) is 11.5 Å². The van der Waals surface area contributed by atoms with Gasteiger partial charge in [-0.1, -0.05) is 39.4 Å². The molecule has 3 heterocycles. The molecule has 1 saturated heterocycles. The number of hydrogen-bond donors (Lipinski definition) is 2. The van der Waals surface area contributed by atoms with E-state index in [9.17, 15) is 18.3 Å². The Morgan fingerprint density at radius 3 is 2.49 bits per heavy atom. The van der Waals surface area contributed by atoms with Crippen molar-refractivity contribution in [1.29, 1.82) is 0 Å². The van der Waals surface area contributed by atoms with Crippen LogP contribution in [0.2, 0.25) is 19.6 Å². The molecule has 1 aliphatic carbocycles. The third-order valence-corrected chi connectivity index (χ3v) is 9.63. The van der Waals surface area contributed by atoms with Gasteiger partial charge in [-0.15, -0.1) is 5.54 Å². The van der Waals surface area contributed by atoms with Gasteiger partial charge in [-0.2, -0.15) is 4.98 Å². The van der Waals surface area contributed by atoms with Crippen LogP contribution in [0.3, 0.4) is 0 Å². The monoisotopic (exact) mass is 545 g/mol. The molecule has 9 nitrogen and oxygen atoms in total. The van der Waals surface area contributed by atoms with E-state index < -0.39 is 29.7 Å². The number of fused-ring (bicyclic) bond motifs is 1. The lowest BCUT2D eigenvalue weighted by Crippen LogP contribution is -2.53. The molecule has 3 atom stereocenters. The summed E-state index contributed by atoms with van der Waals surface area (Å²) < 4.78 is 27.3. The Hall–Kier alpha value is -2.26. The fourth-order valence-corrected chi connectivity index (χ4v) is 6.89. The zero-order valence-corrected chi connectivity index (χ0v) is 24.7. The molecule has 11 heteroatoms. The molecule has 2 aromatic rings. The van der Waals surface area contributed by atoms with Crippen molar-refractivity contribution in [2.24, 2.45) is 5.41 Å². The zero-order chi connectivity index (χ0) is 27.4. The second kappa shape index (κ2) is 9.49. The Balaban J connectivity index is 1.78. The van der Waals surface area contributed by atoms with E-state index in [4.69, 9.17) is 4.98 Å². The Bertz CT molecular complexity index is 1430. The number of aromatic nitrogens is 3. The second-order valence-corrected chi connectivity index (χ2v) is 19.3. The molecule has 0 spiro atoms. The molecule has 2 N–H and O–H groups in total. The molecule has 202 valence electrons. The van der Waals surface area contributed by atoms with Gasteiger partial charge in [-0.05, 0) is 44.1 Å². The summed E-state index contributed by atoms with van der Waals surface area (Å²) in [6.45, 7) is 13.0. The SMILES string of the molecule is CC1(C)CN(S(C)(=O)=O)CCC1Nc1ncc2cc(C#C[Si](C)(C)C)c(=O)n([C@@H]3CCC[C@@]3(C)O)c2n1. The van der Waals surface area contributed by atoms with Gasteiger partial charge in [0.05, 0.1) is 23.5 Å². The van der Waals surface area contributed by atoms with Crippen LogP contribution in [0.4, 0.5) is 5.95 Å². The van der Waals surface area contributed by atoms with E-state index in [1.165, 1.54) is 10.6 Å². The summed E-state index contributed by atoms with van der Waals surface area (Å²) >= 11 is 0. The van der Waals surface area contributed by atoms with Gasteiger partial charge in [0.2, 0.25) is 16.0 Å². The molecule has 1 saturated carbocycles. The summed E-state index contributed by atoms with van der Waals surface area (Å²) in [5.41, 5.74) is 2.53. The van der Waals surface area contributed by atoms with Crippen LogP contribution in [0.1, 0.15) is 58.1 Å². The second-order valence-electron chi connectivity index (χ2n) is 12.5. The van der Waals surface area contributed by atoms with E-state index in [2.05, 4.69) is 41.4 Å². The van der Waals surface area contributed by atoms with Crippen LogP contribution in [-0.2, 0) is 10.0 Å². The first-order valence-corrected chi connectivity index (χ1v) is 18.2. The van der Waals surface area contributed by atoms with E-state index in [0.29, 0.717) is 54.9 Å². The van der Waals surface area contributed by atoms with Crippen molar-refractivity contribution in [2.45, 2.75) is 83.8 Å². The Morgan fingerprint density at radius 2 is 1.92 bits per heavy atom. The molecular formula is C26H39N5O4SSi. The summed E-state index contributed by atoms with van der Waals surface area (Å²) in [5.74, 6) is 3.50. The topological polar surface area (TPSA) is 117 Å². The summed E-state index contributed by atoms with van der Waals surface area (Å²) in [6.07, 6.45) is 5.65. The molecular weight excluding hydrogens is 506 g/mol. The number of pyridine rings is 1. The molecule has 1 unspecified atom stereocenters. The minimum Gasteiger partial charge on any atom is -0.388 e. The first-order valence-electron chi connectivity index (χ1n) is 12.9. The number of nitrogens with one attached hydrogen (secondary N) is 1. The van der Waals surface area contributed by atoms with Crippen molar-refractivity contribution >= 4 is 35.1 Å². The Labute approximate surface area is 220 Å². The number of rotatable bonds is 4. The van der Waals surface area contributed by atoms with Crippen LogP contribution in [0.15, 0.2) is 17.1 Å². The van der Waals surface area contributed by atoms with Gasteiger partial charge in [0.15, 0.2) is 0 Å². The van der Waals surface area contributed by atoms with E-state index in [0.717, 1.165) is 6.42 Å². The average molecular weight is 546 g/mol. The van der Waals surface area contributed by atoms with Crippen LogP contribution < -0.4 is 10.9 Å². The van der Waals surface area contributed by atoms with Gasteiger partial charge < -0.3 is 10.4 Å². The van der Waals surface area contributed by atoms with Gasteiger partial charge in [0.1, 0.15) is 13.7 Å². The third kappa shape index (κ3) is 5.92. The first kappa shape index (κ1) is 27.8. The highest BCUT2D eigenvalue weighted by atomic mass is 32.2. The first-order chi connectivity index (χ1) is 17.0. The minimum absolute atomic E-state index is 0.0559. The van der Waals surface area contributed by atoms with Crippen LogP contribution in [0.5, 0.6) is 0 Å². The summed E-state index contributed by atoms with van der Waals surface area (Å²) in [5, 5.41) is 15.2. The standard InChI is InChI=1S/C26H39N5O4SSi/c1-25(2)17-30(36(4,34)35)13-10-20(25)28-24-27-16-19-15-18(11-14-37(5,6)7)23(32)31(22(19)29-24)21-9-8-12-26(21,3)33/h15-16,20-21,33H,8-10,12-13,17H2,1-7H3,(H,27,28,29)/t20?,21-,26-/m1/s1. The predicted molar refractivity (Wildman–Crippen MR) is 150 cm³/mol. The van der Waals surface area contributed by atoms with E-state index in [-0.39, 0.29) is 17.0 Å². The number of nitrogens with zero attached hydrogens (tertiary/aromatic N) is 4. The van der Waals surface area contributed by atoms with Gasteiger partial charge in [0, 0.05) is 30.7 Å². The fraction of sp³-hybridized carbons (Fsp3) is 0.654. The van der Waals surface area contributed by atoms with Gasteiger partial charge in [-0.25, -0.2) is 17.7 Å². The lowest BCUT2D eigenvalue weighted by atomic mass is 9.80. The lowest BCUT2D eigenvalue weighted by Gasteiger charge is -2.43. The van der Waals surface area contributed by atoms with Crippen molar-refractivity contribution in [2.75, 3.05) is 24.7 Å². The third-order valence-electron chi connectivity index (χ3n) is 7.50. The molecule has 0 bridgehead atoms. The molecule has 1 aliphatic heterocycles. The number of anilines is 1. The zero-order valence-electron chi connectivity index (χ0n) is 22.9. The Morgan fingerprint density at radius 1 is 1.22 bits per heavy atom. The molecule has 0 aromatic carbocycles. The van der Waals surface area contributed by atoms with E-state index >= 15 is 0 Å². The number of sulfonamides is 1. The maximum Gasteiger partial charge on any atom is 0.268 e. The molecule has 0 radical (unpaired) electrons. The number of aliphatic hydroxyl groups is 1. The molecule has 2 aliphatic rings. The van der Waals surface area contributed by atoms with Gasteiger partial charge in [0.25, 0.3) is 5.56 Å². The highest BCUT2D eigenvalue weighted by Gasteiger charge is 2.41. The highest BCUT2D eigenvalue weighted by molar-refractivity contribution is 7.88. The van der Waals surface area contributed by atoms with Gasteiger partial charge in [-0.3, -0.25) is 9.36 Å². The van der Waals surface area contributed by atoms with Crippen molar-refractivity contribution in [3.05, 3.63) is 28.2 Å². The van der Waals surface area contributed by atoms with Crippen molar-refractivity contribution in [3.63, 3.8) is 0 Å². The van der Waals surface area contributed by atoms with E-state index in [1.807, 2.05) is 13.8 Å². The normalized spacial score (nSPS) is 26.6. The number of piperidine rings is 1. The maximum atomic E-state index is 13.7. The smallest absolute Gasteiger partial charge is 0.268 e. The molecule has 2 fully saturated rings. The number of hydrogen-bond acceptors (Lipinski definition) is 7. The van der Waals surface area contributed by atoms with E-state index in [1.54, 1.807) is 23.8 Å². The predicted octanol–water partition coefficient (Wildman–Crippen LogP) is 2.97. The van der Waals surface area contributed by atoms with Crippen LogP contribution >= 0.6 is 0 Å². The van der Waals surface area contributed by atoms with Crippen LogP contribution in [0.25, 0.3) is 11.0 Å². The average Bonchev–Trinajstić information content (AvgIpc) is 3.11. The molecule has 2 aromatic heterocycles. The molecule has 0 amide bonds. The quantitative estimate of drug-likeness (QED) is 0.448. The fourth-order valence-electron chi connectivity index (χ4n) is 5.38. The van der Waals surface area contributed by atoms with Crippen molar-refractivity contribution < 1.29 is 13.5 Å². The van der Waals surface area contributed by atoms with Crippen LogP contribution in [-0.4, -0.2) is 71.4 Å². The van der Waals surface area contributed by atoms with Crippen LogP contribution in [0, 0.1) is 16.9 Å². The summed E-state index contributed by atoms with van der Waals surface area (Å²) in [6, 6.07) is 1.29. The summed E-state index contributed by atoms with van der Waals surface area (Å²) in [7, 11) is -4.98. The largest absolute Gasteiger partial charge is 0.388 e. The minimum atomic E-state index is -3.27. The maximum absolute atomic E-state index is 13.7. The lowest BCUT2D eigenvalue weighted by molar-refractivity contribution is 0.0266. The molecule has 37 heavy (non-hydrogen) atoms. The summed E-state index contributed by atoms with van der Waals surface area (Å²) in [4.78, 5) is 23.1. The van der Waals surface area contributed by atoms with Gasteiger partial charge >= 0.3 is 0 Å².